The first-order valence-electron chi connectivity index (χ1n) is 6.73. The molecular weight excluding hydrogens is 226 g/mol. The number of benzene rings is 1. The average molecular weight is 247 g/mol. The van der Waals surface area contributed by atoms with E-state index in [0.29, 0.717) is 18.1 Å². The van der Waals surface area contributed by atoms with Crippen LogP contribution in [-0.4, -0.2) is 19.1 Å². The molecule has 0 aliphatic carbocycles. The highest BCUT2D eigenvalue weighted by atomic mass is 16.5. The van der Waals surface area contributed by atoms with Gasteiger partial charge in [0.15, 0.2) is 0 Å². The number of aryl methyl sites for hydroxylation is 1. The predicted octanol–water partition coefficient (Wildman–Crippen LogP) is 2.68. The lowest BCUT2D eigenvalue weighted by molar-refractivity contribution is -0.134. The number of para-hydroxylation sites is 1. The summed E-state index contributed by atoms with van der Waals surface area (Å²) in [6.07, 6.45) is 3.83. The topological polar surface area (TPSA) is 38.3 Å². The van der Waals surface area contributed by atoms with E-state index in [4.69, 9.17) is 4.74 Å². The van der Waals surface area contributed by atoms with Crippen LogP contribution in [0.1, 0.15) is 31.2 Å². The Labute approximate surface area is 109 Å². The van der Waals surface area contributed by atoms with Crippen LogP contribution in [0.15, 0.2) is 24.3 Å². The number of nitrogens with one attached hydrogen (secondary N) is 1. The quantitative estimate of drug-likeness (QED) is 0.656. The Morgan fingerprint density at radius 1 is 1.33 bits per heavy atom. The number of carbonyl (C=O) groups excluding carboxylic acids is 1. The van der Waals surface area contributed by atoms with Crippen molar-refractivity contribution in [2.24, 2.45) is 5.92 Å². The number of carbonyl (C=O) groups is 1. The molecule has 0 saturated carbocycles. The summed E-state index contributed by atoms with van der Waals surface area (Å²) in [7, 11) is 0. The molecule has 98 valence electrons. The number of esters is 1. The minimum Gasteiger partial charge on any atom is -0.426 e. The van der Waals surface area contributed by atoms with E-state index in [-0.39, 0.29) is 5.97 Å². The summed E-state index contributed by atoms with van der Waals surface area (Å²) < 4.78 is 5.38. The number of hydrogen-bond donors (Lipinski definition) is 1. The Hall–Kier alpha value is -1.35. The second-order valence-electron chi connectivity index (χ2n) is 4.97. The van der Waals surface area contributed by atoms with Crippen LogP contribution in [0.2, 0.25) is 0 Å². The van der Waals surface area contributed by atoms with E-state index in [1.807, 2.05) is 31.2 Å². The van der Waals surface area contributed by atoms with Gasteiger partial charge in [0.25, 0.3) is 0 Å². The van der Waals surface area contributed by atoms with Gasteiger partial charge in [-0.15, -0.1) is 0 Å². The first kappa shape index (κ1) is 13.1. The molecule has 0 radical (unpaired) electrons. The molecule has 0 aromatic heterocycles. The van der Waals surface area contributed by atoms with Crippen molar-refractivity contribution in [3.05, 3.63) is 29.8 Å². The Kier molecular flexibility index (Phi) is 4.76. The van der Waals surface area contributed by atoms with Crippen LogP contribution in [0.4, 0.5) is 0 Å². The van der Waals surface area contributed by atoms with E-state index in [0.717, 1.165) is 25.1 Å². The summed E-state index contributed by atoms with van der Waals surface area (Å²) >= 11 is 0. The molecule has 1 heterocycles. The van der Waals surface area contributed by atoms with Gasteiger partial charge in [-0.3, -0.25) is 4.79 Å². The Bertz CT molecular complexity index is 397. The maximum Gasteiger partial charge on any atom is 0.311 e. The zero-order valence-corrected chi connectivity index (χ0v) is 10.9. The average Bonchev–Trinajstić information content (AvgIpc) is 2.40. The smallest absolute Gasteiger partial charge is 0.311 e. The fourth-order valence-corrected chi connectivity index (χ4v) is 2.34. The molecule has 1 fully saturated rings. The number of piperidine rings is 1. The molecule has 1 saturated heterocycles. The van der Waals surface area contributed by atoms with Gasteiger partial charge >= 0.3 is 5.97 Å². The molecule has 3 nitrogen and oxygen atoms in total. The van der Waals surface area contributed by atoms with Gasteiger partial charge in [-0.2, -0.15) is 0 Å². The van der Waals surface area contributed by atoms with Gasteiger partial charge in [0.05, 0.1) is 0 Å². The highest BCUT2D eigenvalue weighted by molar-refractivity contribution is 5.72. The monoisotopic (exact) mass is 247 g/mol. The molecule has 18 heavy (non-hydrogen) atoms. The third-order valence-electron chi connectivity index (χ3n) is 3.53. The maximum atomic E-state index is 11.8. The fourth-order valence-electron chi connectivity index (χ4n) is 2.34. The molecule has 2 rings (SSSR count). The van der Waals surface area contributed by atoms with Gasteiger partial charge in [0.2, 0.25) is 0 Å². The molecule has 0 bridgehead atoms. The van der Waals surface area contributed by atoms with Crippen molar-refractivity contribution >= 4 is 5.97 Å². The lowest BCUT2D eigenvalue weighted by atomic mass is 9.93. The van der Waals surface area contributed by atoms with Crippen LogP contribution < -0.4 is 10.1 Å². The number of hydrogen-bond acceptors (Lipinski definition) is 3. The van der Waals surface area contributed by atoms with Crippen molar-refractivity contribution in [2.75, 3.05) is 13.1 Å². The fraction of sp³-hybridized carbons (Fsp3) is 0.533. The summed E-state index contributed by atoms with van der Waals surface area (Å²) in [6, 6.07) is 7.64. The van der Waals surface area contributed by atoms with Gasteiger partial charge < -0.3 is 10.1 Å². The molecule has 0 spiro atoms. The summed E-state index contributed by atoms with van der Waals surface area (Å²) in [5.74, 6) is 1.26. The molecule has 1 aliphatic heterocycles. The molecule has 0 unspecified atom stereocenters. The van der Waals surface area contributed by atoms with E-state index < -0.39 is 0 Å². The SMILES string of the molecule is Cc1ccccc1OC(=O)CCC1CCNCC1. The molecule has 1 aromatic carbocycles. The van der Waals surface area contributed by atoms with E-state index >= 15 is 0 Å². The Morgan fingerprint density at radius 3 is 2.78 bits per heavy atom. The van der Waals surface area contributed by atoms with Crippen LogP contribution in [0.3, 0.4) is 0 Å². The first-order chi connectivity index (χ1) is 8.75. The van der Waals surface area contributed by atoms with E-state index in [9.17, 15) is 4.79 Å². The Morgan fingerprint density at radius 2 is 2.06 bits per heavy atom. The van der Waals surface area contributed by atoms with Crippen molar-refractivity contribution in [3.8, 4) is 5.75 Å². The highest BCUT2D eigenvalue weighted by Gasteiger charge is 2.15. The van der Waals surface area contributed by atoms with E-state index in [1.165, 1.54) is 12.8 Å². The third-order valence-corrected chi connectivity index (χ3v) is 3.53. The molecule has 3 heteroatoms. The van der Waals surface area contributed by atoms with Gasteiger partial charge in [-0.1, -0.05) is 18.2 Å². The summed E-state index contributed by atoms with van der Waals surface area (Å²) in [4.78, 5) is 11.8. The van der Waals surface area contributed by atoms with Crippen LogP contribution in [0, 0.1) is 12.8 Å². The minimum absolute atomic E-state index is 0.108. The van der Waals surface area contributed by atoms with Gasteiger partial charge in [-0.25, -0.2) is 0 Å². The normalized spacial score (nSPS) is 16.5. The van der Waals surface area contributed by atoms with Crippen LogP contribution >= 0.6 is 0 Å². The molecule has 1 aliphatic rings. The number of rotatable bonds is 4. The van der Waals surface area contributed by atoms with Crippen molar-refractivity contribution in [1.29, 1.82) is 0 Å². The first-order valence-corrected chi connectivity index (χ1v) is 6.73. The van der Waals surface area contributed by atoms with E-state index in [1.54, 1.807) is 0 Å². The summed E-state index contributed by atoms with van der Waals surface area (Å²) in [5.41, 5.74) is 1.01. The molecule has 0 atom stereocenters. The minimum atomic E-state index is -0.108. The summed E-state index contributed by atoms with van der Waals surface area (Å²) in [6.45, 7) is 4.12. The van der Waals surface area contributed by atoms with Crippen molar-refractivity contribution in [3.63, 3.8) is 0 Å². The van der Waals surface area contributed by atoms with Crippen molar-refractivity contribution < 1.29 is 9.53 Å². The van der Waals surface area contributed by atoms with Crippen LogP contribution in [0.25, 0.3) is 0 Å². The lowest BCUT2D eigenvalue weighted by Crippen LogP contribution is -2.28. The van der Waals surface area contributed by atoms with Crippen LogP contribution in [-0.2, 0) is 4.79 Å². The van der Waals surface area contributed by atoms with Gasteiger partial charge in [0.1, 0.15) is 5.75 Å². The van der Waals surface area contributed by atoms with Crippen molar-refractivity contribution in [2.45, 2.75) is 32.6 Å². The zero-order valence-electron chi connectivity index (χ0n) is 10.9. The standard InChI is InChI=1S/C15H21NO2/c1-12-4-2-3-5-14(12)18-15(17)7-6-13-8-10-16-11-9-13/h2-5,13,16H,6-11H2,1H3. The molecular formula is C15H21NO2. The molecule has 0 amide bonds. The van der Waals surface area contributed by atoms with Crippen molar-refractivity contribution in [1.82, 2.24) is 5.32 Å². The number of ether oxygens (including phenoxy) is 1. The van der Waals surface area contributed by atoms with Gasteiger partial charge in [0, 0.05) is 6.42 Å². The van der Waals surface area contributed by atoms with Crippen LogP contribution in [0.5, 0.6) is 5.75 Å². The largest absolute Gasteiger partial charge is 0.426 e. The second-order valence-corrected chi connectivity index (χ2v) is 4.97. The molecule has 1 N–H and O–H groups in total. The highest BCUT2D eigenvalue weighted by Crippen LogP contribution is 2.20. The maximum absolute atomic E-state index is 11.8. The van der Waals surface area contributed by atoms with Gasteiger partial charge in [-0.05, 0) is 56.8 Å². The third kappa shape index (κ3) is 3.84. The summed E-state index contributed by atoms with van der Waals surface area (Å²) in [5, 5.41) is 3.33. The second kappa shape index (κ2) is 6.55. The van der Waals surface area contributed by atoms with E-state index in [2.05, 4.69) is 5.32 Å². The zero-order chi connectivity index (χ0) is 12.8. The predicted molar refractivity (Wildman–Crippen MR) is 71.6 cm³/mol. The lowest BCUT2D eigenvalue weighted by Gasteiger charge is -2.21. The molecule has 1 aromatic rings. The Balaban J connectivity index is 1.76.